The largest absolute Gasteiger partial charge is 0.469 e. The first-order valence-corrected chi connectivity index (χ1v) is 5.07. The molecule has 0 aromatic rings. The lowest BCUT2D eigenvalue weighted by molar-refractivity contribution is -0.166. The van der Waals surface area contributed by atoms with Crippen LogP contribution in [0.5, 0.6) is 0 Å². The Hall–Kier alpha value is -1.59. The van der Waals surface area contributed by atoms with Crippen LogP contribution in [0.1, 0.15) is 13.8 Å². The molecule has 6 nitrogen and oxygen atoms in total. The van der Waals surface area contributed by atoms with Gasteiger partial charge < -0.3 is 14.2 Å². The van der Waals surface area contributed by atoms with Crippen LogP contribution < -0.4 is 0 Å². The van der Waals surface area contributed by atoms with Gasteiger partial charge in [0.15, 0.2) is 5.41 Å². The molecule has 1 unspecified atom stereocenters. The van der Waals surface area contributed by atoms with Gasteiger partial charge in [-0.15, -0.1) is 0 Å². The summed E-state index contributed by atoms with van der Waals surface area (Å²) in [4.78, 5) is 35.2. The molecule has 0 saturated heterocycles. The first kappa shape index (κ1) is 13.5. The number of methoxy groups -OCH3 is 3. The van der Waals surface area contributed by atoms with E-state index in [9.17, 15) is 14.4 Å². The van der Waals surface area contributed by atoms with Crippen molar-refractivity contribution in [2.24, 2.45) is 16.7 Å². The summed E-state index contributed by atoms with van der Waals surface area (Å²) in [6, 6.07) is 0. The van der Waals surface area contributed by atoms with E-state index < -0.39 is 34.7 Å². The molecule has 0 heterocycles. The summed E-state index contributed by atoms with van der Waals surface area (Å²) in [7, 11) is 3.53. The van der Waals surface area contributed by atoms with E-state index in [2.05, 4.69) is 14.2 Å². The topological polar surface area (TPSA) is 78.9 Å². The van der Waals surface area contributed by atoms with Crippen LogP contribution in [0.15, 0.2) is 0 Å². The summed E-state index contributed by atoms with van der Waals surface area (Å²) < 4.78 is 13.8. The third-order valence-corrected chi connectivity index (χ3v) is 3.54. The number of carbonyl (C=O) groups is 3. The summed E-state index contributed by atoms with van der Waals surface area (Å²) in [6.07, 6.45) is 0. The third kappa shape index (κ3) is 1.43. The first-order valence-electron chi connectivity index (χ1n) is 5.07. The molecule has 0 aliphatic heterocycles. The summed E-state index contributed by atoms with van der Waals surface area (Å²) in [5, 5.41) is 0. The van der Waals surface area contributed by atoms with E-state index in [-0.39, 0.29) is 0 Å². The molecule has 0 N–H and O–H groups in total. The van der Waals surface area contributed by atoms with E-state index in [1.807, 2.05) is 0 Å². The molecule has 96 valence electrons. The molecule has 0 radical (unpaired) electrons. The van der Waals surface area contributed by atoms with Crippen molar-refractivity contribution in [2.45, 2.75) is 13.8 Å². The number of hydrogen-bond acceptors (Lipinski definition) is 6. The molecular weight excluding hydrogens is 228 g/mol. The summed E-state index contributed by atoms with van der Waals surface area (Å²) in [5.41, 5.74) is -2.47. The van der Waals surface area contributed by atoms with E-state index in [4.69, 9.17) is 0 Å². The molecule has 0 aromatic carbocycles. The van der Waals surface area contributed by atoms with Crippen LogP contribution in [0.2, 0.25) is 0 Å². The molecular formula is C11H16O6. The fourth-order valence-electron chi connectivity index (χ4n) is 2.52. The van der Waals surface area contributed by atoms with Crippen LogP contribution in [0.4, 0.5) is 0 Å². The van der Waals surface area contributed by atoms with Crippen molar-refractivity contribution < 1.29 is 28.6 Å². The Balaban J connectivity index is 3.24. The Morgan fingerprint density at radius 2 is 1.29 bits per heavy atom. The van der Waals surface area contributed by atoms with Crippen LogP contribution in [-0.4, -0.2) is 39.2 Å². The lowest BCUT2D eigenvalue weighted by atomic mass is 9.96. The Kier molecular flexibility index (Phi) is 3.18. The van der Waals surface area contributed by atoms with Crippen LogP contribution in [-0.2, 0) is 28.6 Å². The van der Waals surface area contributed by atoms with Crippen LogP contribution >= 0.6 is 0 Å². The number of ether oxygens (including phenoxy) is 3. The summed E-state index contributed by atoms with van der Waals surface area (Å²) in [5.74, 6) is -3.04. The number of rotatable bonds is 3. The van der Waals surface area contributed by atoms with E-state index in [0.717, 1.165) is 14.2 Å². The van der Waals surface area contributed by atoms with Crippen molar-refractivity contribution in [3.8, 4) is 0 Å². The Morgan fingerprint density at radius 1 is 0.882 bits per heavy atom. The van der Waals surface area contributed by atoms with Gasteiger partial charge in [0.2, 0.25) is 0 Å². The molecule has 6 heteroatoms. The smallest absolute Gasteiger partial charge is 0.324 e. The standard InChI is InChI=1S/C11H16O6/c1-10(2)6(7(12)15-3)11(10,8(13)16-4)9(14)17-5/h6H,1-5H3. The highest BCUT2D eigenvalue weighted by Gasteiger charge is 2.85. The summed E-state index contributed by atoms with van der Waals surface area (Å²) >= 11 is 0. The lowest BCUT2D eigenvalue weighted by Gasteiger charge is -2.14. The minimum Gasteiger partial charge on any atom is -0.469 e. The Bertz CT molecular complexity index is 354. The minimum atomic E-state index is -1.59. The Morgan fingerprint density at radius 3 is 1.59 bits per heavy atom. The molecule has 0 spiro atoms. The van der Waals surface area contributed by atoms with Gasteiger partial charge in [-0.1, -0.05) is 13.8 Å². The van der Waals surface area contributed by atoms with Gasteiger partial charge in [-0.3, -0.25) is 14.4 Å². The molecule has 1 fully saturated rings. The van der Waals surface area contributed by atoms with E-state index >= 15 is 0 Å². The zero-order chi connectivity index (χ0) is 13.4. The molecule has 1 aliphatic carbocycles. The van der Waals surface area contributed by atoms with Gasteiger partial charge in [-0.25, -0.2) is 0 Å². The average Bonchev–Trinajstić information content (AvgIpc) is 2.84. The maximum atomic E-state index is 11.8. The predicted molar refractivity (Wildman–Crippen MR) is 55.8 cm³/mol. The number of carbonyl (C=O) groups excluding carboxylic acids is 3. The van der Waals surface area contributed by atoms with Gasteiger partial charge >= 0.3 is 17.9 Å². The van der Waals surface area contributed by atoms with Gasteiger partial charge in [-0.2, -0.15) is 0 Å². The second kappa shape index (κ2) is 4.01. The second-order valence-electron chi connectivity index (χ2n) is 4.47. The van der Waals surface area contributed by atoms with Crippen molar-refractivity contribution in [3.05, 3.63) is 0 Å². The lowest BCUT2D eigenvalue weighted by Crippen LogP contribution is -2.34. The van der Waals surface area contributed by atoms with Crippen LogP contribution in [0.25, 0.3) is 0 Å². The average molecular weight is 244 g/mol. The third-order valence-electron chi connectivity index (χ3n) is 3.54. The monoisotopic (exact) mass is 244 g/mol. The molecule has 17 heavy (non-hydrogen) atoms. The van der Waals surface area contributed by atoms with Crippen molar-refractivity contribution in [2.75, 3.05) is 21.3 Å². The molecule has 0 bridgehead atoms. The quantitative estimate of drug-likeness (QED) is 0.399. The number of hydrogen-bond donors (Lipinski definition) is 0. The minimum absolute atomic E-state index is 0.620. The molecule has 0 amide bonds. The normalized spacial score (nSPS) is 23.5. The van der Waals surface area contributed by atoms with Gasteiger partial charge in [0, 0.05) is 5.41 Å². The molecule has 1 rings (SSSR count). The molecule has 1 atom stereocenters. The number of esters is 3. The van der Waals surface area contributed by atoms with E-state index in [0.29, 0.717) is 0 Å². The van der Waals surface area contributed by atoms with Gasteiger partial charge in [0.25, 0.3) is 0 Å². The fraction of sp³-hybridized carbons (Fsp3) is 0.727. The van der Waals surface area contributed by atoms with Gasteiger partial charge in [0.05, 0.1) is 27.2 Å². The zero-order valence-electron chi connectivity index (χ0n) is 10.5. The highest BCUT2D eigenvalue weighted by molar-refractivity contribution is 6.10. The van der Waals surface area contributed by atoms with E-state index in [1.54, 1.807) is 13.8 Å². The SMILES string of the molecule is COC(=O)C1C(C)(C)C1(C(=O)OC)C(=O)OC. The molecule has 1 aliphatic rings. The second-order valence-corrected chi connectivity index (χ2v) is 4.47. The van der Waals surface area contributed by atoms with Crippen molar-refractivity contribution >= 4 is 17.9 Å². The highest BCUT2D eigenvalue weighted by atomic mass is 16.6. The molecule has 1 saturated carbocycles. The van der Waals surface area contributed by atoms with Crippen molar-refractivity contribution in [1.29, 1.82) is 0 Å². The van der Waals surface area contributed by atoms with Crippen molar-refractivity contribution in [3.63, 3.8) is 0 Å². The predicted octanol–water partition coefficient (Wildman–Crippen LogP) is 0.148. The van der Waals surface area contributed by atoms with Gasteiger partial charge in [-0.05, 0) is 0 Å². The zero-order valence-corrected chi connectivity index (χ0v) is 10.5. The summed E-state index contributed by atoms with van der Waals surface area (Å²) in [6.45, 7) is 3.25. The maximum absolute atomic E-state index is 11.8. The Labute approximate surface area is 99.2 Å². The fourth-order valence-corrected chi connectivity index (χ4v) is 2.52. The van der Waals surface area contributed by atoms with Crippen molar-refractivity contribution in [1.82, 2.24) is 0 Å². The van der Waals surface area contributed by atoms with E-state index in [1.165, 1.54) is 7.11 Å². The molecule has 0 aromatic heterocycles. The highest BCUT2D eigenvalue weighted by Crippen LogP contribution is 2.70. The maximum Gasteiger partial charge on any atom is 0.324 e. The van der Waals surface area contributed by atoms with Crippen LogP contribution in [0, 0.1) is 16.7 Å². The first-order chi connectivity index (χ1) is 7.82. The van der Waals surface area contributed by atoms with Crippen LogP contribution in [0.3, 0.4) is 0 Å². The van der Waals surface area contributed by atoms with Gasteiger partial charge in [0.1, 0.15) is 0 Å².